The zero-order chi connectivity index (χ0) is 14.1. The van der Waals surface area contributed by atoms with Gasteiger partial charge in [0.05, 0.1) is 12.2 Å². The fourth-order valence-electron chi connectivity index (χ4n) is 2.33. The van der Waals surface area contributed by atoms with Crippen LogP contribution in [0.25, 0.3) is 0 Å². The molecule has 3 fully saturated rings. The lowest BCUT2D eigenvalue weighted by molar-refractivity contribution is 0.0694. The van der Waals surface area contributed by atoms with E-state index in [0.29, 0.717) is 0 Å². The number of piperidine rings is 1. The Morgan fingerprint density at radius 3 is 1.74 bits per heavy atom. The lowest BCUT2D eigenvalue weighted by Crippen LogP contribution is -2.50. The molecule has 0 unspecified atom stereocenters. The van der Waals surface area contributed by atoms with E-state index in [-0.39, 0.29) is 12.2 Å². The molecule has 1 saturated carbocycles. The maximum absolute atomic E-state index is 9.29. The molecule has 1 aliphatic carbocycles. The van der Waals surface area contributed by atoms with Gasteiger partial charge in [0, 0.05) is 32.7 Å². The number of likely N-dealkylation sites (tertiary alicyclic amines) is 1. The van der Waals surface area contributed by atoms with Crippen LogP contribution >= 0.6 is 0 Å². The highest BCUT2D eigenvalue weighted by Crippen LogP contribution is 2.16. The number of nitrogens with one attached hydrogen (secondary N) is 1. The van der Waals surface area contributed by atoms with E-state index in [4.69, 9.17) is 5.11 Å². The SMILES string of the molecule is CC.OC1CCC1.OC1CCN(CC2CNC2)CC1. The first-order chi connectivity index (χ1) is 9.24. The maximum Gasteiger partial charge on any atom is 0.0564 e. The predicted octanol–water partition coefficient (Wildman–Crippen LogP) is 1.22. The third kappa shape index (κ3) is 6.70. The summed E-state index contributed by atoms with van der Waals surface area (Å²) in [5.74, 6) is 0.875. The largest absolute Gasteiger partial charge is 0.393 e. The summed E-state index contributed by atoms with van der Waals surface area (Å²) in [6, 6.07) is 0. The van der Waals surface area contributed by atoms with Crippen molar-refractivity contribution in [1.82, 2.24) is 10.2 Å². The molecule has 2 saturated heterocycles. The Labute approximate surface area is 118 Å². The van der Waals surface area contributed by atoms with Crippen molar-refractivity contribution in [1.29, 1.82) is 0 Å². The number of hydrogen-bond donors (Lipinski definition) is 3. The average molecular weight is 272 g/mol. The number of nitrogens with zero attached hydrogens (tertiary/aromatic N) is 1. The van der Waals surface area contributed by atoms with Gasteiger partial charge in [0.1, 0.15) is 0 Å². The Balaban J connectivity index is 0.000000216. The summed E-state index contributed by atoms with van der Waals surface area (Å²) in [5, 5.41) is 21.0. The van der Waals surface area contributed by atoms with Crippen molar-refractivity contribution in [2.75, 3.05) is 32.7 Å². The monoisotopic (exact) mass is 272 g/mol. The Bertz CT molecular complexity index is 210. The smallest absolute Gasteiger partial charge is 0.0564 e. The van der Waals surface area contributed by atoms with Gasteiger partial charge in [0.2, 0.25) is 0 Å². The van der Waals surface area contributed by atoms with Gasteiger partial charge in [0.15, 0.2) is 0 Å². The van der Waals surface area contributed by atoms with Gasteiger partial charge in [0.25, 0.3) is 0 Å². The van der Waals surface area contributed by atoms with Crippen molar-refractivity contribution >= 4 is 0 Å². The van der Waals surface area contributed by atoms with Crippen LogP contribution < -0.4 is 5.32 Å². The zero-order valence-electron chi connectivity index (χ0n) is 12.6. The molecule has 3 aliphatic rings. The van der Waals surface area contributed by atoms with Crippen LogP contribution in [-0.2, 0) is 0 Å². The van der Waals surface area contributed by atoms with Gasteiger partial charge >= 0.3 is 0 Å². The van der Waals surface area contributed by atoms with Crippen molar-refractivity contribution < 1.29 is 10.2 Å². The summed E-state index contributed by atoms with van der Waals surface area (Å²) in [6.45, 7) is 9.81. The van der Waals surface area contributed by atoms with Crippen LogP contribution in [0.1, 0.15) is 46.0 Å². The summed E-state index contributed by atoms with van der Waals surface area (Å²) in [5.41, 5.74) is 0. The predicted molar refractivity (Wildman–Crippen MR) is 79.2 cm³/mol. The van der Waals surface area contributed by atoms with Crippen molar-refractivity contribution in [3.05, 3.63) is 0 Å². The number of aliphatic hydroxyl groups excluding tert-OH is 2. The molecule has 0 amide bonds. The van der Waals surface area contributed by atoms with Gasteiger partial charge in [-0.15, -0.1) is 0 Å². The summed E-state index contributed by atoms with van der Waals surface area (Å²) >= 11 is 0. The quantitative estimate of drug-likeness (QED) is 0.707. The molecule has 0 atom stereocenters. The molecule has 4 heteroatoms. The molecule has 19 heavy (non-hydrogen) atoms. The Morgan fingerprint density at radius 2 is 1.42 bits per heavy atom. The molecule has 0 bridgehead atoms. The topological polar surface area (TPSA) is 55.7 Å². The highest BCUT2D eigenvalue weighted by Gasteiger charge is 2.23. The minimum absolute atomic E-state index is 0.0271. The molecule has 114 valence electrons. The van der Waals surface area contributed by atoms with E-state index in [0.717, 1.165) is 44.7 Å². The maximum atomic E-state index is 9.29. The number of rotatable bonds is 2. The number of aliphatic hydroxyl groups is 2. The van der Waals surface area contributed by atoms with Gasteiger partial charge in [-0.2, -0.15) is 0 Å². The third-order valence-electron chi connectivity index (χ3n) is 4.01. The van der Waals surface area contributed by atoms with Crippen LogP contribution in [0.2, 0.25) is 0 Å². The minimum atomic E-state index is -0.0271. The van der Waals surface area contributed by atoms with Crippen molar-refractivity contribution in [3.63, 3.8) is 0 Å². The van der Waals surface area contributed by atoms with Gasteiger partial charge in [-0.05, 0) is 38.0 Å². The summed E-state index contributed by atoms with van der Waals surface area (Å²) < 4.78 is 0. The lowest BCUT2D eigenvalue weighted by atomic mass is 9.97. The van der Waals surface area contributed by atoms with Crippen LogP contribution in [0.3, 0.4) is 0 Å². The number of hydrogen-bond acceptors (Lipinski definition) is 4. The molecule has 2 heterocycles. The third-order valence-corrected chi connectivity index (χ3v) is 4.01. The summed E-state index contributed by atoms with van der Waals surface area (Å²) in [6.07, 6.45) is 5.30. The molecular formula is C15H32N2O2. The molecule has 4 nitrogen and oxygen atoms in total. The van der Waals surface area contributed by atoms with E-state index >= 15 is 0 Å². The molecule has 0 spiro atoms. The second-order valence-corrected chi connectivity index (χ2v) is 5.64. The standard InChI is InChI=1S/C9H18N2O.C4H8O.C2H6/c12-9-1-3-11(4-2-9)7-8-5-10-6-8;5-4-2-1-3-4;1-2/h8-10,12H,1-7H2;4-5H,1-3H2;1-2H3. The summed E-state index contributed by atoms with van der Waals surface area (Å²) in [4.78, 5) is 2.48. The van der Waals surface area contributed by atoms with Gasteiger partial charge in [-0.1, -0.05) is 13.8 Å². The Hall–Kier alpha value is -0.160. The van der Waals surface area contributed by atoms with E-state index in [1.54, 1.807) is 0 Å². The van der Waals surface area contributed by atoms with Gasteiger partial charge in [-0.3, -0.25) is 0 Å². The first kappa shape index (κ1) is 16.9. The fourth-order valence-corrected chi connectivity index (χ4v) is 2.33. The van der Waals surface area contributed by atoms with Crippen LogP contribution in [0.15, 0.2) is 0 Å². The van der Waals surface area contributed by atoms with Crippen molar-refractivity contribution in [3.8, 4) is 0 Å². The fraction of sp³-hybridized carbons (Fsp3) is 1.00. The van der Waals surface area contributed by atoms with Crippen LogP contribution in [0.4, 0.5) is 0 Å². The second kappa shape index (κ2) is 9.70. The lowest BCUT2D eigenvalue weighted by Gasteiger charge is -2.36. The van der Waals surface area contributed by atoms with E-state index in [1.807, 2.05) is 13.8 Å². The minimum Gasteiger partial charge on any atom is -0.393 e. The highest BCUT2D eigenvalue weighted by molar-refractivity contribution is 4.80. The molecule has 0 aromatic heterocycles. The van der Waals surface area contributed by atoms with Crippen molar-refractivity contribution in [2.24, 2.45) is 5.92 Å². The van der Waals surface area contributed by atoms with E-state index in [9.17, 15) is 5.11 Å². The molecule has 0 radical (unpaired) electrons. The molecule has 3 N–H and O–H groups in total. The van der Waals surface area contributed by atoms with Crippen molar-refractivity contribution in [2.45, 2.75) is 58.2 Å². The van der Waals surface area contributed by atoms with E-state index in [2.05, 4.69) is 10.2 Å². The van der Waals surface area contributed by atoms with E-state index < -0.39 is 0 Å². The first-order valence-corrected chi connectivity index (χ1v) is 8.03. The highest BCUT2D eigenvalue weighted by atomic mass is 16.3. The normalized spacial score (nSPS) is 25.3. The first-order valence-electron chi connectivity index (χ1n) is 8.03. The Kier molecular flexibility index (Phi) is 8.62. The van der Waals surface area contributed by atoms with Gasteiger partial charge < -0.3 is 20.4 Å². The Morgan fingerprint density at radius 1 is 0.947 bits per heavy atom. The molecule has 0 aromatic rings. The molecule has 0 aromatic carbocycles. The average Bonchev–Trinajstić information content (AvgIpc) is 2.37. The molecule has 3 rings (SSSR count). The van der Waals surface area contributed by atoms with E-state index in [1.165, 1.54) is 26.1 Å². The van der Waals surface area contributed by atoms with Gasteiger partial charge in [-0.25, -0.2) is 0 Å². The summed E-state index contributed by atoms with van der Waals surface area (Å²) in [7, 11) is 0. The second-order valence-electron chi connectivity index (χ2n) is 5.64. The molecule has 2 aliphatic heterocycles. The van der Waals surface area contributed by atoms with Crippen LogP contribution in [0.5, 0.6) is 0 Å². The zero-order valence-corrected chi connectivity index (χ0v) is 12.6. The molecular weight excluding hydrogens is 240 g/mol. The van der Waals surface area contributed by atoms with Crippen LogP contribution in [-0.4, -0.2) is 60.0 Å². The van der Waals surface area contributed by atoms with Crippen LogP contribution in [0, 0.1) is 5.92 Å².